The van der Waals surface area contributed by atoms with Gasteiger partial charge in [0.2, 0.25) is 0 Å². The quantitative estimate of drug-likeness (QED) is 0.320. The fourth-order valence-electron chi connectivity index (χ4n) is 1.53. The van der Waals surface area contributed by atoms with Gasteiger partial charge in [-0.05, 0) is 11.6 Å². The second-order valence-electron chi connectivity index (χ2n) is 3.15. The van der Waals surface area contributed by atoms with Crippen LogP contribution in [0.15, 0.2) is 28.9 Å². The lowest BCUT2D eigenvalue weighted by Gasteiger charge is -2.28. The predicted molar refractivity (Wildman–Crippen MR) is 52.7 cm³/mol. The smallest absolute Gasteiger partial charge is 0.192 e. The molecule has 0 saturated heterocycles. The summed E-state index contributed by atoms with van der Waals surface area (Å²) in [6.07, 6.45) is 8.75. The number of guanidine groups is 1. The number of nitrogens with two attached hydrogens (primary N) is 1. The Labute approximate surface area is 76.9 Å². The summed E-state index contributed by atoms with van der Waals surface area (Å²) in [7, 11) is 0. The van der Waals surface area contributed by atoms with E-state index in [1.165, 1.54) is 5.57 Å². The van der Waals surface area contributed by atoms with Crippen LogP contribution in [0, 0.1) is 5.41 Å². The maximum atomic E-state index is 7.28. The van der Waals surface area contributed by atoms with E-state index in [9.17, 15) is 0 Å². The van der Waals surface area contributed by atoms with Gasteiger partial charge in [-0.15, -0.1) is 0 Å². The van der Waals surface area contributed by atoms with Crippen molar-refractivity contribution in [2.75, 3.05) is 6.54 Å². The summed E-state index contributed by atoms with van der Waals surface area (Å²) in [4.78, 5) is 6.04. The van der Waals surface area contributed by atoms with Crippen molar-refractivity contribution < 1.29 is 0 Å². The van der Waals surface area contributed by atoms with Crippen LogP contribution in [0.1, 0.15) is 6.42 Å². The van der Waals surface area contributed by atoms with Crippen molar-refractivity contribution in [3.05, 3.63) is 23.9 Å². The zero-order valence-electron chi connectivity index (χ0n) is 7.27. The number of nitrogens with one attached hydrogen (secondary N) is 1. The van der Waals surface area contributed by atoms with Crippen LogP contribution in [0.2, 0.25) is 0 Å². The zero-order chi connectivity index (χ0) is 9.26. The van der Waals surface area contributed by atoms with Crippen molar-refractivity contribution in [1.82, 2.24) is 4.90 Å². The molecule has 2 aliphatic rings. The van der Waals surface area contributed by atoms with Crippen LogP contribution in [-0.2, 0) is 0 Å². The fraction of sp³-hybridized carbons (Fsp3) is 0.333. The molecule has 0 aliphatic carbocycles. The van der Waals surface area contributed by atoms with Gasteiger partial charge in [0, 0.05) is 25.4 Å². The van der Waals surface area contributed by atoms with Crippen LogP contribution in [0.3, 0.4) is 0 Å². The molecule has 2 heterocycles. The first-order chi connectivity index (χ1) is 6.27. The molecule has 0 aromatic carbocycles. The van der Waals surface area contributed by atoms with Gasteiger partial charge in [0.1, 0.15) is 0 Å². The minimum Gasteiger partial charge on any atom is -0.370 e. The summed E-state index contributed by atoms with van der Waals surface area (Å²) in [5.74, 6) is 0.0881. The lowest BCUT2D eigenvalue weighted by molar-refractivity contribution is 0.549. The third-order valence-electron chi connectivity index (χ3n) is 2.24. The van der Waals surface area contributed by atoms with E-state index in [0.29, 0.717) is 6.54 Å². The van der Waals surface area contributed by atoms with E-state index in [4.69, 9.17) is 11.1 Å². The van der Waals surface area contributed by atoms with E-state index in [0.717, 1.165) is 6.42 Å². The van der Waals surface area contributed by atoms with Crippen molar-refractivity contribution in [3.8, 4) is 0 Å². The molecule has 0 saturated carbocycles. The summed E-state index contributed by atoms with van der Waals surface area (Å²) in [5, 5.41) is 7.28. The van der Waals surface area contributed by atoms with E-state index in [1.54, 1.807) is 4.90 Å². The average molecular weight is 176 g/mol. The van der Waals surface area contributed by atoms with Crippen molar-refractivity contribution >= 4 is 12.2 Å². The van der Waals surface area contributed by atoms with Crippen LogP contribution in [0.5, 0.6) is 0 Å². The largest absolute Gasteiger partial charge is 0.370 e. The number of allylic oxidation sites excluding steroid dienone is 1. The van der Waals surface area contributed by atoms with Crippen LogP contribution in [0.25, 0.3) is 0 Å². The van der Waals surface area contributed by atoms with E-state index in [-0.39, 0.29) is 12.0 Å². The molecular formula is C9H12N4. The molecule has 2 rings (SSSR count). The molecule has 13 heavy (non-hydrogen) atoms. The lowest BCUT2D eigenvalue weighted by atomic mass is 10.0. The second kappa shape index (κ2) is 3.05. The van der Waals surface area contributed by atoms with E-state index < -0.39 is 0 Å². The van der Waals surface area contributed by atoms with Crippen LogP contribution >= 0.6 is 0 Å². The van der Waals surface area contributed by atoms with Gasteiger partial charge in [0.15, 0.2) is 5.96 Å². The fourth-order valence-corrected chi connectivity index (χ4v) is 1.53. The van der Waals surface area contributed by atoms with Gasteiger partial charge in [-0.1, -0.05) is 6.08 Å². The van der Waals surface area contributed by atoms with Gasteiger partial charge in [-0.2, -0.15) is 0 Å². The number of rotatable bonds is 0. The third kappa shape index (κ3) is 1.47. The molecular weight excluding hydrogens is 164 g/mol. The molecule has 0 fully saturated rings. The van der Waals surface area contributed by atoms with Crippen LogP contribution in [-0.4, -0.2) is 29.7 Å². The number of hydrogen-bond donors (Lipinski definition) is 2. The van der Waals surface area contributed by atoms with Crippen molar-refractivity contribution in [3.63, 3.8) is 0 Å². The third-order valence-corrected chi connectivity index (χ3v) is 2.24. The Kier molecular flexibility index (Phi) is 1.88. The second-order valence-corrected chi connectivity index (χ2v) is 3.15. The lowest BCUT2D eigenvalue weighted by Crippen LogP contribution is -2.38. The SMILES string of the molecule is N=C(N)N1C=CC2N=CCC=C2C1. The van der Waals surface area contributed by atoms with Gasteiger partial charge in [-0.25, -0.2) is 0 Å². The maximum absolute atomic E-state index is 7.28. The summed E-state index contributed by atoms with van der Waals surface area (Å²) in [6, 6.07) is 0.185. The molecule has 0 aromatic rings. The average Bonchev–Trinajstić information content (AvgIpc) is 2.17. The monoisotopic (exact) mass is 176 g/mol. The molecule has 0 aromatic heterocycles. The normalized spacial score (nSPS) is 25.4. The minimum atomic E-state index is 0.0881. The van der Waals surface area contributed by atoms with Gasteiger partial charge in [-0.3, -0.25) is 10.4 Å². The molecule has 2 aliphatic heterocycles. The summed E-state index contributed by atoms with van der Waals surface area (Å²) >= 11 is 0. The first-order valence-electron chi connectivity index (χ1n) is 4.27. The first-order valence-corrected chi connectivity index (χ1v) is 4.27. The van der Waals surface area contributed by atoms with Crippen molar-refractivity contribution in [2.45, 2.75) is 12.5 Å². The highest BCUT2D eigenvalue weighted by atomic mass is 15.2. The highest BCUT2D eigenvalue weighted by molar-refractivity contribution is 5.76. The molecule has 1 atom stereocenters. The first kappa shape index (κ1) is 8.04. The highest BCUT2D eigenvalue weighted by Crippen LogP contribution is 2.19. The van der Waals surface area contributed by atoms with Crippen molar-refractivity contribution in [2.24, 2.45) is 10.7 Å². The molecule has 3 N–H and O–H groups in total. The Bertz CT molecular complexity index is 314. The molecule has 4 nitrogen and oxygen atoms in total. The molecule has 4 heteroatoms. The van der Waals surface area contributed by atoms with Gasteiger partial charge in [0.25, 0.3) is 0 Å². The molecule has 0 bridgehead atoms. The number of aliphatic imine (C=N–C) groups is 1. The number of nitrogens with zero attached hydrogens (tertiary/aromatic N) is 2. The summed E-state index contributed by atoms with van der Waals surface area (Å²) in [5.41, 5.74) is 6.62. The minimum absolute atomic E-state index is 0.0881. The van der Waals surface area contributed by atoms with Gasteiger partial charge >= 0.3 is 0 Å². The van der Waals surface area contributed by atoms with Crippen LogP contribution < -0.4 is 5.73 Å². The van der Waals surface area contributed by atoms with Crippen molar-refractivity contribution in [1.29, 1.82) is 5.41 Å². The summed E-state index contributed by atoms with van der Waals surface area (Å²) in [6.45, 7) is 0.702. The van der Waals surface area contributed by atoms with Gasteiger partial charge in [0.05, 0.1) is 6.04 Å². The highest BCUT2D eigenvalue weighted by Gasteiger charge is 2.19. The zero-order valence-corrected chi connectivity index (χ0v) is 7.27. The predicted octanol–water partition coefficient (Wildman–Crippen LogP) is 0.479. The molecule has 1 unspecified atom stereocenters. The Morgan fingerprint density at radius 1 is 1.69 bits per heavy atom. The van der Waals surface area contributed by atoms with Crippen LogP contribution in [0.4, 0.5) is 0 Å². The Balaban J connectivity index is 2.20. The molecule has 0 radical (unpaired) electrons. The maximum Gasteiger partial charge on any atom is 0.192 e. The summed E-state index contributed by atoms with van der Waals surface area (Å²) < 4.78 is 0. The number of hydrogen-bond acceptors (Lipinski definition) is 2. The van der Waals surface area contributed by atoms with E-state index >= 15 is 0 Å². The standard InChI is InChI=1S/C9H12N4/c10-9(11)13-5-3-8-7(6-13)2-1-4-12-8/h2-5,8H,1,6H2,(H3,10,11). The Morgan fingerprint density at radius 3 is 3.31 bits per heavy atom. The Morgan fingerprint density at radius 2 is 2.54 bits per heavy atom. The number of dihydropyridines is 1. The van der Waals surface area contributed by atoms with E-state index in [2.05, 4.69) is 11.1 Å². The molecule has 0 amide bonds. The van der Waals surface area contributed by atoms with Gasteiger partial charge < -0.3 is 10.6 Å². The topological polar surface area (TPSA) is 65.5 Å². The number of fused-ring (bicyclic) bond motifs is 1. The molecule has 68 valence electrons. The Hall–Kier alpha value is -1.58. The molecule has 0 spiro atoms. The van der Waals surface area contributed by atoms with E-state index in [1.807, 2.05) is 18.5 Å².